The van der Waals surface area contributed by atoms with Crippen LogP contribution in [-0.2, 0) is 10.2 Å². The van der Waals surface area contributed by atoms with Crippen molar-refractivity contribution in [1.82, 2.24) is 0 Å². The van der Waals surface area contributed by atoms with Crippen LogP contribution in [0, 0.1) is 0 Å². The lowest BCUT2D eigenvalue weighted by molar-refractivity contribution is -0.120. The van der Waals surface area contributed by atoms with Crippen LogP contribution in [0.15, 0.2) is 48.5 Å². The highest BCUT2D eigenvalue weighted by Gasteiger charge is 2.36. The second-order valence-corrected chi connectivity index (χ2v) is 9.38. The molecule has 1 amide bonds. The van der Waals surface area contributed by atoms with Crippen molar-refractivity contribution in [3.63, 3.8) is 0 Å². The summed E-state index contributed by atoms with van der Waals surface area (Å²) >= 11 is 0. The Bertz CT molecular complexity index is 1050. The Labute approximate surface area is 196 Å². The van der Waals surface area contributed by atoms with Crippen molar-refractivity contribution < 1.29 is 19.5 Å². The third kappa shape index (κ3) is 5.98. The largest absolute Gasteiger partial charge is 0.478 e. The Morgan fingerprint density at radius 1 is 1.00 bits per heavy atom. The van der Waals surface area contributed by atoms with E-state index in [1.165, 1.54) is 37.5 Å². The van der Waals surface area contributed by atoms with E-state index >= 15 is 0 Å². The summed E-state index contributed by atoms with van der Waals surface area (Å²) in [6.07, 6.45) is 9.32. The molecular weight excluding hydrogens is 414 g/mol. The number of carbonyl (C=O) groups is 3. The molecule has 1 aliphatic heterocycles. The van der Waals surface area contributed by atoms with E-state index in [0.717, 1.165) is 29.7 Å². The zero-order valence-corrected chi connectivity index (χ0v) is 19.8. The van der Waals surface area contributed by atoms with Gasteiger partial charge in [-0.1, -0.05) is 64.7 Å². The highest BCUT2D eigenvalue weighted by Crippen LogP contribution is 2.41. The van der Waals surface area contributed by atoms with Crippen LogP contribution in [0.2, 0.25) is 0 Å². The van der Waals surface area contributed by atoms with E-state index in [-0.39, 0.29) is 22.7 Å². The second kappa shape index (κ2) is 10.6. The molecule has 0 saturated heterocycles. The molecule has 0 atom stereocenters. The maximum atomic E-state index is 12.8. The molecule has 2 aromatic carbocycles. The van der Waals surface area contributed by atoms with E-state index < -0.39 is 5.97 Å². The number of benzene rings is 2. The number of rotatable bonds is 10. The first-order valence-electron chi connectivity index (χ1n) is 11.7. The van der Waals surface area contributed by atoms with E-state index in [2.05, 4.69) is 20.8 Å². The van der Waals surface area contributed by atoms with Crippen molar-refractivity contribution in [2.75, 3.05) is 11.4 Å². The molecule has 0 saturated carbocycles. The third-order valence-corrected chi connectivity index (χ3v) is 6.27. The maximum absolute atomic E-state index is 12.8. The van der Waals surface area contributed by atoms with Gasteiger partial charge in [0.25, 0.3) is 0 Å². The number of ketones is 1. The highest BCUT2D eigenvalue weighted by atomic mass is 16.4. The van der Waals surface area contributed by atoms with Crippen molar-refractivity contribution in [3.05, 3.63) is 70.8 Å². The molecule has 0 aromatic heterocycles. The van der Waals surface area contributed by atoms with E-state index in [1.54, 1.807) is 24.3 Å². The predicted molar refractivity (Wildman–Crippen MR) is 132 cm³/mol. The average molecular weight is 448 g/mol. The summed E-state index contributed by atoms with van der Waals surface area (Å²) in [5.74, 6) is -0.961. The molecule has 33 heavy (non-hydrogen) atoms. The van der Waals surface area contributed by atoms with Gasteiger partial charge in [0, 0.05) is 29.6 Å². The average Bonchev–Trinajstić information content (AvgIpc) is 2.79. The molecule has 0 aliphatic carbocycles. The molecule has 1 heterocycles. The molecule has 174 valence electrons. The molecule has 0 radical (unpaired) electrons. The summed E-state index contributed by atoms with van der Waals surface area (Å²) in [5.41, 5.74) is 3.15. The normalized spacial score (nSPS) is 15.0. The van der Waals surface area contributed by atoms with Gasteiger partial charge in [-0.15, -0.1) is 0 Å². The number of amides is 1. The minimum atomic E-state index is -0.980. The third-order valence-electron chi connectivity index (χ3n) is 6.27. The molecule has 0 bridgehead atoms. The Balaban J connectivity index is 1.78. The summed E-state index contributed by atoms with van der Waals surface area (Å²) in [7, 11) is 0. The second-order valence-electron chi connectivity index (χ2n) is 9.38. The van der Waals surface area contributed by atoms with Crippen LogP contribution in [-0.4, -0.2) is 29.3 Å². The zero-order valence-electron chi connectivity index (χ0n) is 19.8. The first-order valence-corrected chi connectivity index (χ1v) is 11.7. The van der Waals surface area contributed by atoms with Gasteiger partial charge in [-0.3, -0.25) is 9.59 Å². The number of hydrogen-bond donors (Lipinski definition) is 1. The van der Waals surface area contributed by atoms with Gasteiger partial charge in [0.1, 0.15) is 0 Å². The molecule has 0 spiro atoms. The molecule has 5 nitrogen and oxygen atoms in total. The number of nitrogens with zero attached hydrogens (tertiary/aromatic N) is 1. The van der Waals surface area contributed by atoms with E-state index in [0.29, 0.717) is 18.5 Å². The van der Waals surface area contributed by atoms with Gasteiger partial charge in [0.05, 0.1) is 5.56 Å². The Kier molecular flexibility index (Phi) is 7.85. The van der Waals surface area contributed by atoms with Crippen LogP contribution < -0.4 is 4.90 Å². The number of carboxylic acid groups (broad SMARTS) is 1. The van der Waals surface area contributed by atoms with Crippen molar-refractivity contribution in [2.45, 2.75) is 64.7 Å². The molecule has 2 aromatic rings. The SMILES string of the molecule is CCCCCCCN1C(=O)CC(C)(C)c2cc(C(=O)C=Cc3ccc(C(=O)O)cc3)ccc21. The highest BCUT2D eigenvalue weighted by molar-refractivity contribution is 6.08. The minimum Gasteiger partial charge on any atom is -0.478 e. The Morgan fingerprint density at radius 3 is 2.33 bits per heavy atom. The number of aromatic carboxylic acids is 1. The summed E-state index contributed by atoms with van der Waals surface area (Å²) in [4.78, 5) is 38.6. The van der Waals surface area contributed by atoms with Crippen molar-refractivity contribution in [1.29, 1.82) is 0 Å². The zero-order chi connectivity index (χ0) is 24.0. The van der Waals surface area contributed by atoms with Crippen LogP contribution >= 0.6 is 0 Å². The molecule has 1 aliphatic rings. The van der Waals surface area contributed by atoms with Gasteiger partial charge in [-0.05, 0) is 54.0 Å². The molecule has 5 heteroatoms. The fraction of sp³-hybridized carbons (Fsp3) is 0.393. The fourth-order valence-electron chi connectivity index (χ4n) is 4.29. The monoisotopic (exact) mass is 447 g/mol. The molecular formula is C28H33NO4. The topological polar surface area (TPSA) is 74.7 Å². The number of fused-ring (bicyclic) bond motifs is 1. The number of anilines is 1. The number of allylic oxidation sites excluding steroid dienone is 1. The smallest absolute Gasteiger partial charge is 0.335 e. The number of unbranched alkanes of at least 4 members (excludes halogenated alkanes) is 4. The number of carbonyl (C=O) groups excluding carboxylic acids is 2. The van der Waals surface area contributed by atoms with Gasteiger partial charge in [0.15, 0.2) is 5.78 Å². The van der Waals surface area contributed by atoms with Crippen LogP contribution in [0.25, 0.3) is 6.08 Å². The maximum Gasteiger partial charge on any atom is 0.335 e. The minimum absolute atomic E-state index is 0.126. The summed E-state index contributed by atoms with van der Waals surface area (Å²) in [6.45, 7) is 7.01. The lowest BCUT2D eigenvalue weighted by Crippen LogP contribution is -2.42. The summed E-state index contributed by atoms with van der Waals surface area (Å²) in [5, 5.41) is 9.00. The molecule has 1 N–H and O–H groups in total. The molecule has 0 unspecified atom stereocenters. The lowest BCUT2D eigenvalue weighted by Gasteiger charge is -2.39. The van der Waals surface area contributed by atoms with Gasteiger partial charge >= 0.3 is 5.97 Å². The van der Waals surface area contributed by atoms with Gasteiger partial charge in [-0.25, -0.2) is 4.79 Å². The first-order chi connectivity index (χ1) is 15.7. The van der Waals surface area contributed by atoms with Crippen molar-refractivity contribution in [2.24, 2.45) is 0 Å². The quantitative estimate of drug-likeness (QED) is 0.265. The lowest BCUT2D eigenvalue weighted by atomic mass is 9.76. The van der Waals surface area contributed by atoms with Gasteiger partial charge in [-0.2, -0.15) is 0 Å². The fourth-order valence-corrected chi connectivity index (χ4v) is 4.29. The van der Waals surface area contributed by atoms with Crippen LogP contribution in [0.5, 0.6) is 0 Å². The van der Waals surface area contributed by atoms with Gasteiger partial charge < -0.3 is 10.0 Å². The van der Waals surface area contributed by atoms with Crippen LogP contribution in [0.1, 0.15) is 91.1 Å². The predicted octanol–water partition coefficient (Wildman–Crippen LogP) is 6.27. The number of hydrogen-bond acceptors (Lipinski definition) is 3. The van der Waals surface area contributed by atoms with Crippen molar-refractivity contribution in [3.8, 4) is 0 Å². The summed E-state index contributed by atoms with van der Waals surface area (Å²) < 4.78 is 0. The molecule has 0 fully saturated rings. The van der Waals surface area contributed by atoms with E-state index in [4.69, 9.17) is 5.11 Å². The Morgan fingerprint density at radius 2 is 1.67 bits per heavy atom. The first kappa shape index (κ1) is 24.4. The van der Waals surface area contributed by atoms with Crippen molar-refractivity contribution >= 4 is 29.4 Å². The van der Waals surface area contributed by atoms with Crippen LogP contribution in [0.4, 0.5) is 5.69 Å². The standard InChI is InChI=1S/C28H33NO4/c1-4-5-6-7-8-17-29-24-15-14-22(18-23(24)28(2,3)19-26(29)31)25(30)16-11-20-9-12-21(13-10-20)27(32)33/h9-16,18H,4-8,17,19H2,1-3H3,(H,32,33). The summed E-state index contributed by atoms with van der Waals surface area (Å²) in [6, 6.07) is 12.0. The van der Waals surface area contributed by atoms with E-state index in [1.807, 2.05) is 17.0 Å². The molecule has 3 rings (SSSR count). The van der Waals surface area contributed by atoms with E-state index in [9.17, 15) is 14.4 Å². The van der Waals surface area contributed by atoms with Crippen LogP contribution in [0.3, 0.4) is 0 Å². The number of carboxylic acids is 1. The Hall–Kier alpha value is -3.21. The van der Waals surface area contributed by atoms with Gasteiger partial charge in [0.2, 0.25) is 5.91 Å².